The van der Waals surface area contributed by atoms with Gasteiger partial charge in [-0.15, -0.1) is 35.9 Å². The van der Waals surface area contributed by atoms with Gasteiger partial charge in [0.2, 0.25) is 0 Å². The first-order valence-corrected chi connectivity index (χ1v) is 4.85. The van der Waals surface area contributed by atoms with Crippen molar-refractivity contribution in [1.82, 2.24) is 20.2 Å². The van der Waals surface area contributed by atoms with Crippen LogP contribution in [0.15, 0.2) is 24.3 Å². The maximum Gasteiger partial charge on any atom is 2.00 e. The molecule has 1 aromatic carbocycles. The van der Waals surface area contributed by atoms with Crippen LogP contribution in [0.2, 0.25) is 0 Å². The average molecular weight is 352 g/mol. The Hall–Kier alpha value is -0.214. The Morgan fingerprint density at radius 2 is 1.94 bits per heavy atom. The van der Waals surface area contributed by atoms with E-state index >= 15 is 0 Å². The molecule has 17 heavy (non-hydrogen) atoms. The summed E-state index contributed by atoms with van der Waals surface area (Å²) >= 11 is 0. The van der Waals surface area contributed by atoms with E-state index < -0.39 is 0 Å². The quantitative estimate of drug-likeness (QED) is 0.357. The van der Waals surface area contributed by atoms with Crippen LogP contribution in [0.3, 0.4) is 0 Å². The largest absolute Gasteiger partial charge is 2.00 e. The molecule has 86 valence electrons. The Morgan fingerprint density at radius 3 is 2.41 bits per heavy atom. The first-order valence-electron chi connectivity index (χ1n) is 4.85. The minimum atomic E-state index is -0.139. The molecule has 4 nitrogen and oxygen atoms in total. The summed E-state index contributed by atoms with van der Waals surface area (Å²) in [5.74, 6) is 0.616. The van der Waals surface area contributed by atoms with Crippen molar-refractivity contribution in [2.75, 3.05) is 0 Å². The van der Waals surface area contributed by atoms with Crippen LogP contribution in [0.5, 0.6) is 0 Å². The van der Waals surface area contributed by atoms with Gasteiger partial charge in [-0.25, -0.2) is 0 Å². The van der Waals surface area contributed by atoms with Crippen molar-refractivity contribution in [2.45, 2.75) is 26.3 Å². The minimum Gasteiger partial charge on any atom is -1.00 e. The molecule has 0 N–H and O–H groups in total. The van der Waals surface area contributed by atoms with Crippen molar-refractivity contribution in [3.05, 3.63) is 30.3 Å². The Kier molecular flexibility index (Phi) is 6.56. The van der Waals surface area contributed by atoms with E-state index in [9.17, 15) is 0 Å². The zero-order valence-electron chi connectivity index (χ0n) is 10.2. The normalized spacial score (nSPS) is 10.3. The fourth-order valence-corrected chi connectivity index (χ4v) is 1.14. The van der Waals surface area contributed by atoms with E-state index in [1.165, 1.54) is 0 Å². The monoisotopic (exact) mass is 352 g/mol. The van der Waals surface area contributed by atoms with Crippen molar-refractivity contribution < 1.29 is 24.0 Å². The second-order valence-corrected chi connectivity index (χ2v) is 4.35. The van der Waals surface area contributed by atoms with E-state index in [1.54, 1.807) is 4.80 Å². The molecule has 0 aliphatic rings. The van der Waals surface area contributed by atoms with Crippen molar-refractivity contribution in [3.8, 4) is 11.4 Å². The Balaban J connectivity index is 0.00000128. The molecule has 0 atom stereocenters. The zero-order chi connectivity index (χ0) is 10.9. The third-order valence-electron chi connectivity index (χ3n) is 1.96. The van der Waals surface area contributed by atoms with Crippen molar-refractivity contribution in [2.24, 2.45) is 0 Å². The van der Waals surface area contributed by atoms with Gasteiger partial charge in [-0.2, -0.15) is 15.0 Å². The number of halogens is 1. The Labute approximate surface area is 134 Å². The van der Waals surface area contributed by atoms with Gasteiger partial charge in [-0.1, -0.05) is 5.21 Å². The molecule has 0 amide bonds. The SMILES string of the molecule is CC(C)(C)n1nnc(-c2[c-]cccc2)n1.[I-].[Mg+2]. The molecule has 0 radical (unpaired) electrons. The van der Waals surface area contributed by atoms with Gasteiger partial charge in [0.25, 0.3) is 0 Å². The third-order valence-corrected chi connectivity index (χ3v) is 1.96. The second kappa shape index (κ2) is 6.65. The molecule has 1 aromatic heterocycles. The van der Waals surface area contributed by atoms with Gasteiger partial charge in [-0.3, -0.25) is 0 Å². The number of nitrogens with zero attached hydrogens (tertiary/aromatic N) is 4. The molecule has 1 heterocycles. The van der Waals surface area contributed by atoms with E-state index in [0.717, 1.165) is 5.56 Å². The van der Waals surface area contributed by atoms with Crippen molar-refractivity contribution in [3.63, 3.8) is 0 Å². The summed E-state index contributed by atoms with van der Waals surface area (Å²) < 4.78 is 0. The van der Waals surface area contributed by atoms with Gasteiger partial charge in [0, 0.05) is 0 Å². The standard InChI is InChI=1S/C11H13N4.HI.Mg/c1-11(2,3)15-13-10(12-14-15)9-7-5-4-6-8-9;;/h4-7H,1-3H3;1H;/q-1;;+2/p-1. The van der Waals surface area contributed by atoms with Crippen LogP contribution in [0.4, 0.5) is 0 Å². The second-order valence-electron chi connectivity index (χ2n) is 4.35. The Bertz CT molecular complexity index is 450. The molecule has 2 aromatic rings. The van der Waals surface area contributed by atoms with Crippen LogP contribution >= 0.6 is 0 Å². The van der Waals surface area contributed by atoms with E-state index in [4.69, 9.17) is 0 Å². The summed E-state index contributed by atoms with van der Waals surface area (Å²) in [7, 11) is 0. The summed E-state index contributed by atoms with van der Waals surface area (Å²) in [4.78, 5) is 1.61. The van der Waals surface area contributed by atoms with Crippen LogP contribution in [0, 0.1) is 6.07 Å². The fraction of sp³-hybridized carbons (Fsp3) is 0.364. The predicted octanol–water partition coefficient (Wildman–Crippen LogP) is -1.48. The molecule has 0 saturated carbocycles. The topological polar surface area (TPSA) is 43.6 Å². The van der Waals surface area contributed by atoms with Gasteiger partial charge in [0.05, 0.1) is 5.54 Å². The van der Waals surface area contributed by atoms with E-state index in [-0.39, 0.29) is 52.6 Å². The van der Waals surface area contributed by atoms with Crippen LogP contribution in [0.25, 0.3) is 11.4 Å². The molecule has 0 aliphatic carbocycles. The van der Waals surface area contributed by atoms with Gasteiger partial charge in [0.1, 0.15) is 5.82 Å². The summed E-state index contributed by atoms with van der Waals surface area (Å²) in [6.45, 7) is 6.10. The summed E-state index contributed by atoms with van der Waals surface area (Å²) in [6, 6.07) is 10.7. The first kappa shape index (κ1) is 16.8. The number of hydrogen-bond acceptors (Lipinski definition) is 3. The molecule has 0 unspecified atom stereocenters. The van der Waals surface area contributed by atoms with Gasteiger partial charge >= 0.3 is 23.1 Å². The van der Waals surface area contributed by atoms with E-state index in [2.05, 4.69) is 21.5 Å². The molecule has 0 spiro atoms. The number of benzene rings is 1. The zero-order valence-corrected chi connectivity index (χ0v) is 13.8. The maximum absolute atomic E-state index is 4.31. The Morgan fingerprint density at radius 1 is 1.24 bits per heavy atom. The molecular weight excluding hydrogens is 339 g/mol. The third kappa shape index (κ3) is 4.18. The van der Waals surface area contributed by atoms with Crippen LogP contribution in [0.1, 0.15) is 20.8 Å². The van der Waals surface area contributed by atoms with Crippen molar-refractivity contribution >= 4 is 23.1 Å². The minimum absolute atomic E-state index is 0. The molecule has 0 saturated heterocycles. The van der Waals surface area contributed by atoms with Crippen LogP contribution in [-0.4, -0.2) is 43.3 Å². The maximum atomic E-state index is 4.31. The van der Waals surface area contributed by atoms with Gasteiger partial charge < -0.3 is 24.0 Å². The number of rotatable bonds is 1. The van der Waals surface area contributed by atoms with E-state index in [1.807, 2.05) is 45.0 Å². The van der Waals surface area contributed by atoms with Gasteiger partial charge in [-0.05, 0) is 20.8 Å². The molecule has 6 heteroatoms. The van der Waals surface area contributed by atoms with Gasteiger partial charge in [0.15, 0.2) is 0 Å². The first-order chi connectivity index (χ1) is 7.07. The summed E-state index contributed by atoms with van der Waals surface area (Å²) in [5.41, 5.74) is 0.730. The number of hydrogen-bond donors (Lipinski definition) is 0. The average Bonchev–Trinajstić information content (AvgIpc) is 2.67. The smallest absolute Gasteiger partial charge is 1.00 e. The van der Waals surface area contributed by atoms with Crippen LogP contribution in [-0.2, 0) is 5.54 Å². The fourth-order valence-electron chi connectivity index (χ4n) is 1.14. The molecule has 0 aliphatic heterocycles. The molecule has 0 fully saturated rings. The van der Waals surface area contributed by atoms with E-state index in [0.29, 0.717) is 5.82 Å². The molecule has 2 rings (SSSR count). The molecular formula is C11H13IMgN4. The molecule has 0 bridgehead atoms. The summed E-state index contributed by atoms with van der Waals surface area (Å²) in [6.07, 6.45) is 0. The predicted molar refractivity (Wildman–Crippen MR) is 62.8 cm³/mol. The summed E-state index contributed by atoms with van der Waals surface area (Å²) in [5, 5.41) is 12.3. The van der Waals surface area contributed by atoms with Crippen molar-refractivity contribution in [1.29, 1.82) is 0 Å². The number of aromatic nitrogens is 4. The van der Waals surface area contributed by atoms with Crippen LogP contribution < -0.4 is 24.0 Å². The number of tetrazole rings is 1.